The molecule has 2 aliphatic heterocycles. The normalized spacial score (nSPS) is 19.0. The largest absolute Gasteiger partial charge is 0.419 e. The summed E-state index contributed by atoms with van der Waals surface area (Å²) >= 11 is 0. The van der Waals surface area contributed by atoms with E-state index in [9.17, 15) is 24.5 Å². The van der Waals surface area contributed by atoms with Crippen LogP contribution in [0.2, 0.25) is 0 Å². The smallest absolute Gasteiger partial charge is 0.350 e. The molecule has 0 unspecified atom stereocenters. The highest BCUT2D eigenvalue weighted by molar-refractivity contribution is 6.15. The van der Waals surface area contributed by atoms with E-state index in [2.05, 4.69) is 10.2 Å². The Morgan fingerprint density at radius 2 is 1.77 bits per heavy atom. The minimum Gasteiger partial charge on any atom is -0.419 e. The van der Waals surface area contributed by atoms with Gasteiger partial charge in [0.1, 0.15) is 5.69 Å². The summed E-state index contributed by atoms with van der Waals surface area (Å²) in [5, 5.41) is 14.1. The molecule has 0 aromatic heterocycles. The van der Waals surface area contributed by atoms with Crippen LogP contribution in [0, 0.1) is 10.1 Å². The lowest BCUT2D eigenvalue weighted by atomic mass is 10.1. The molecular weight excluding hydrogens is 396 g/mol. The van der Waals surface area contributed by atoms with Gasteiger partial charge in [-0.1, -0.05) is 0 Å². The fourth-order valence-corrected chi connectivity index (χ4v) is 3.06. The average Bonchev–Trinajstić information content (AvgIpc) is 2.66. The molecule has 2 aliphatic rings. The second-order valence-electron chi connectivity index (χ2n) is 7.47. The van der Waals surface area contributed by atoms with Crippen LogP contribution in [0.5, 0.6) is 0 Å². The van der Waals surface area contributed by atoms with Gasteiger partial charge in [0, 0.05) is 57.9 Å². The zero-order chi connectivity index (χ0) is 22.1. The fourth-order valence-electron chi connectivity index (χ4n) is 3.06. The van der Waals surface area contributed by atoms with E-state index in [1.54, 1.807) is 4.90 Å². The molecule has 1 amide bonds. The molecule has 160 valence electrons. The number of anilines is 1. The van der Waals surface area contributed by atoms with Gasteiger partial charge in [0.05, 0.1) is 4.92 Å². The van der Waals surface area contributed by atoms with Crippen LogP contribution in [0.1, 0.15) is 24.2 Å². The first-order valence-corrected chi connectivity index (χ1v) is 9.27. The quantitative estimate of drug-likeness (QED) is 0.251. The molecule has 30 heavy (non-hydrogen) atoms. The minimum atomic E-state index is -1.39. The Balaban J connectivity index is 1.81. The predicted octanol–water partition coefficient (Wildman–Crippen LogP) is 1.11. The molecule has 3 rings (SSSR count). The maximum Gasteiger partial charge on any atom is 0.350 e. The van der Waals surface area contributed by atoms with Gasteiger partial charge in [0.15, 0.2) is 5.57 Å². The Morgan fingerprint density at radius 1 is 1.17 bits per heavy atom. The van der Waals surface area contributed by atoms with E-state index >= 15 is 0 Å². The van der Waals surface area contributed by atoms with Gasteiger partial charge in [-0.25, -0.2) is 9.59 Å². The number of carbonyl (C=O) groups excluding carboxylic acids is 3. The summed E-state index contributed by atoms with van der Waals surface area (Å²) in [7, 11) is 1.96. The van der Waals surface area contributed by atoms with E-state index in [-0.39, 0.29) is 22.8 Å². The van der Waals surface area contributed by atoms with E-state index in [0.717, 1.165) is 19.3 Å². The number of nitro benzene ring substituents is 1. The molecule has 1 aromatic rings. The van der Waals surface area contributed by atoms with Gasteiger partial charge in [0.2, 0.25) is 0 Å². The number of hydrogen-bond acceptors (Lipinski definition) is 9. The third-order valence-corrected chi connectivity index (χ3v) is 4.72. The Hall–Kier alpha value is -3.47. The monoisotopic (exact) mass is 418 g/mol. The van der Waals surface area contributed by atoms with Gasteiger partial charge in [0.25, 0.3) is 17.4 Å². The number of cyclic esters (lactones) is 2. The van der Waals surface area contributed by atoms with E-state index in [4.69, 9.17) is 9.47 Å². The van der Waals surface area contributed by atoms with Crippen LogP contribution >= 0.6 is 0 Å². The number of amides is 1. The predicted molar refractivity (Wildman–Crippen MR) is 104 cm³/mol. The van der Waals surface area contributed by atoms with Crippen molar-refractivity contribution in [3.05, 3.63) is 45.6 Å². The average molecular weight is 418 g/mol. The van der Waals surface area contributed by atoms with Crippen LogP contribution in [0.15, 0.2) is 30.0 Å². The topological polar surface area (TPSA) is 131 Å². The molecule has 1 aromatic carbocycles. The first kappa shape index (κ1) is 21.2. The summed E-state index contributed by atoms with van der Waals surface area (Å²) in [5.74, 6) is -3.50. The van der Waals surface area contributed by atoms with Gasteiger partial charge in [-0.2, -0.15) is 0 Å². The molecule has 0 bridgehead atoms. The number of hydrogen-bond donors (Lipinski definition) is 1. The maximum atomic E-state index is 12.7. The van der Waals surface area contributed by atoms with Gasteiger partial charge in [-0.15, -0.1) is 0 Å². The minimum absolute atomic E-state index is 0.00728. The highest BCUT2D eigenvalue weighted by Crippen LogP contribution is 2.28. The third kappa shape index (κ3) is 4.57. The number of likely N-dealkylation sites (N-methyl/N-ethyl adjacent to an activating group) is 1. The van der Waals surface area contributed by atoms with Crippen LogP contribution in [-0.2, 0) is 19.1 Å². The number of ether oxygens (including phenoxy) is 2. The van der Waals surface area contributed by atoms with Crippen LogP contribution < -0.4 is 5.32 Å². The lowest BCUT2D eigenvalue weighted by Crippen LogP contribution is -2.47. The van der Waals surface area contributed by atoms with Crippen molar-refractivity contribution < 1.29 is 28.8 Å². The molecule has 2 heterocycles. The SMILES string of the molecule is CN1CCN(C(=O)c2ccc(NC=C3C(=O)OC(C)(C)OC3=O)c([N+](=O)[O-])c2)CC1. The summed E-state index contributed by atoms with van der Waals surface area (Å²) in [4.78, 5) is 51.2. The number of rotatable bonds is 4. The highest BCUT2D eigenvalue weighted by atomic mass is 16.7. The number of nitrogens with zero attached hydrogens (tertiary/aromatic N) is 3. The number of nitro groups is 1. The molecule has 0 spiro atoms. The van der Waals surface area contributed by atoms with Crippen LogP contribution in [-0.4, -0.2) is 71.6 Å². The van der Waals surface area contributed by atoms with Crippen molar-refractivity contribution in [3.63, 3.8) is 0 Å². The van der Waals surface area contributed by atoms with Gasteiger partial charge >= 0.3 is 11.9 Å². The third-order valence-electron chi connectivity index (χ3n) is 4.72. The summed E-state index contributed by atoms with van der Waals surface area (Å²) < 4.78 is 9.94. The Morgan fingerprint density at radius 3 is 2.33 bits per heavy atom. The first-order chi connectivity index (χ1) is 14.1. The van der Waals surface area contributed by atoms with Gasteiger partial charge in [-0.05, 0) is 19.2 Å². The number of benzene rings is 1. The molecule has 0 aliphatic carbocycles. The zero-order valence-electron chi connectivity index (χ0n) is 16.8. The molecular formula is C19H22N4O7. The fraction of sp³-hybridized carbons (Fsp3) is 0.421. The van der Waals surface area contributed by atoms with Crippen molar-refractivity contribution in [2.75, 3.05) is 38.5 Å². The van der Waals surface area contributed by atoms with Crippen molar-refractivity contribution in [3.8, 4) is 0 Å². The first-order valence-electron chi connectivity index (χ1n) is 9.27. The van der Waals surface area contributed by atoms with Crippen LogP contribution in [0.25, 0.3) is 0 Å². The Labute approximate surface area is 172 Å². The van der Waals surface area contributed by atoms with Crippen LogP contribution in [0.4, 0.5) is 11.4 Å². The summed E-state index contributed by atoms with van der Waals surface area (Å²) in [6, 6.07) is 3.97. The molecule has 11 heteroatoms. The van der Waals surface area contributed by atoms with E-state index in [0.29, 0.717) is 13.1 Å². The van der Waals surface area contributed by atoms with Crippen molar-refractivity contribution in [2.24, 2.45) is 0 Å². The van der Waals surface area contributed by atoms with E-state index in [1.807, 2.05) is 7.05 Å². The summed E-state index contributed by atoms with van der Waals surface area (Å²) in [6.45, 7) is 5.35. The maximum absolute atomic E-state index is 12.7. The van der Waals surface area contributed by atoms with Crippen molar-refractivity contribution in [1.29, 1.82) is 0 Å². The molecule has 0 saturated carbocycles. The summed E-state index contributed by atoms with van der Waals surface area (Å²) in [5.41, 5.74) is -0.610. The number of piperazine rings is 1. The number of carbonyl (C=O) groups is 3. The standard InChI is InChI=1S/C19H22N4O7/c1-19(2)29-17(25)13(18(26)30-19)11-20-14-5-4-12(10-15(14)23(27)28)16(24)22-8-6-21(3)7-9-22/h4-5,10-11,20H,6-9H2,1-3H3. The molecule has 1 N–H and O–H groups in total. The van der Waals surface area contributed by atoms with Gasteiger partial charge in [-0.3, -0.25) is 14.9 Å². The van der Waals surface area contributed by atoms with Gasteiger partial charge < -0.3 is 24.6 Å². The van der Waals surface area contributed by atoms with Crippen molar-refractivity contribution in [1.82, 2.24) is 9.80 Å². The molecule has 0 atom stereocenters. The lowest BCUT2D eigenvalue weighted by molar-refractivity contribution is -0.384. The Bertz CT molecular complexity index is 911. The molecule has 0 radical (unpaired) electrons. The van der Waals surface area contributed by atoms with E-state index < -0.39 is 28.2 Å². The molecule has 2 fully saturated rings. The second-order valence-corrected chi connectivity index (χ2v) is 7.47. The molecule has 2 saturated heterocycles. The number of nitrogens with one attached hydrogen (secondary N) is 1. The highest BCUT2D eigenvalue weighted by Gasteiger charge is 2.39. The van der Waals surface area contributed by atoms with Crippen molar-refractivity contribution >= 4 is 29.2 Å². The lowest BCUT2D eigenvalue weighted by Gasteiger charge is -2.32. The van der Waals surface area contributed by atoms with Crippen molar-refractivity contribution in [2.45, 2.75) is 19.6 Å². The molecule has 11 nitrogen and oxygen atoms in total. The van der Waals surface area contributed by atoms with E-state index in [1.165, 1.54) is 32.0 Å². The van der Waals surface area contributed by atoms with Crippen LogP contribution in [0.3, 0.4) is 0 Å². The summed E-state index contributed by atoms with van der Waals surface area (Å²) in [6.07, 6.45) is 0.990. The number of esters is 2. The zero-order valence-corrected chi connectivity index (χ0v) is 16.8. The Kier molecular flexibility index (Phi) is 5.74. The second kappa shape index (κ2) is 8.11.